The van der Waals surface area contributed by atoms with Crippen molar-refractivity contribution in [2.75, 3.05) is 0 Å². The zero-order valence-corrected chi connectivity index (χ0v) is 13.3. The number of thiazole rings is 1. The Morgan fingerprint density at radius 2 is 1.90 bits per heavy atom. The van der Waals surface area contributed by atoms with Gasteiger partial charge in [0.2, 0.25) is 0 Å². The minimum Gasteiger partial charge on any atom is -0.389 e. The van der Waals surface area contributed by atoms with Crippen molar-refractivity contribution in [2.24, 2.45) is 0 Å². The van der Waals surface area contributed by atoms with Gasteiger partial charge in [0.15, 0.2) is 0 Å². The number of ether oxygens (including phenoxy) is 1. The highest BCUT2D eigenvalue weighted by Gasteiger charge is 2.37. The van der Waals surface area contributed by atoms with Crippen LogP contribution in [0.2, 0.25) is 0 Å². The van der Waals surface area contributed by atoms with Crippen LogP contribution >= 0.6 is 11.3 Å². The van der Waals surface area contributed by atoms with Crippen molar-refractivity contribution in [1.29, 1.82) is 0 Å². The maximum absolute atomic E-state index is 10.8. The fourth-order valence-electron chi connectivity index (χ4n) is 3.21. The van der Waals surface area contributed by atoms with Crippen LogP contribution in [0.25, 0.3) is 11.3 Å². The summed E-state index contributed by atoms with van der Waals surface area (Å²) in [5.74, 6) is 0. The van der Waals surface area contributed by atoms with Crippen molar-refractivity contribution >= 4 is 11.3 Å². The first-order valence-electron chi connectivity index (χ1n) is 7.42. The Morgan fingerprint density at radius 1 is 1.24 bits per heavy atom. The standard InChI is InChI=1S/C17H21NO2S/c1-12-8-17(19,9-13(2)20-12)10-16-18-15(11-21-16)14-6-4-3-5-7-14/h3-7,11-13,19H,8-10H2,1-2H3. The molecule has 1 aromatic carbocycles. The SMILES string of the molecule is CC1CC(O)(Cc2nc(-c3ccccc3)cs2)CC(C)O1. The molecule has 0 spiro atoms. The number of aromatic nitrogens is 1. The van der Waals surface area contributed by atoms with Gasteiger partial charge in [0.25, 0.3) is 0 Å². The lowest BCUT2D eigenvalue weighted by molar-refractivity contribution is -0.130. The summed E-state index contributed by atoms with van der Waals surface area (Å²) in [5, 5.41) is 13.9. The molecule has 4 heteroatoms. The summed E-state index contributed by atoms with van der Waals surface area (Å²) in [6, 6.07) is 10.2. The lowest BCUT2D eigenvalue weighted by Gasteiger charge is -2.38. The molecule has 0 amide bonds. The molecule has 3 rings (SSSR count). The monoisotopic (exact) mass is 303 g/mol. The second-order valence-electron chi connectivity index (χ2n) is 6.06. The van der Waals surface area contributed by atoms with E-state index in [0.29, 0.717) is 19.3 Å². The third-order valence-corrected chi connectivity index (χ3v) is 4.75. The second-order valence-corrected chi connectivity index (χ2v) is 7.00. The summed E-state index contributed by atoms with van der Waals surface area (Å²) in [5.41, 5.74) is 1.43. The van der Waals surface area contributed by atoms with E-state index in [1.807, 2.05) is 32.0 Å². The molecule has 2 aromatic rings. The van der Waals surface area contributed by atoms with Gasteiger partial charge >= 0.3 is 0 Å². The van der Waals surface area contributed by atoms with E-state index >= 15 is 0 Å². The smallest absolute Gasteiger partial charge is 0.0961 e. The molecule has 1 aliphatic rings. The Balaban J connectivity index is 1.75. The lowest BCUT2D eigenvalue weighted by Crippen LogP contribution is -2.44. The van der Waals surface area contributed by atoms with Gasteiger partial charge in [-0.1, -0.05) is 30.3 Å². The summed E-state index contributed by atoms with van der Waals surface area (Å²) in [4.78, 5) is 4.69. The molecule has 1 N–H and O–H groups in total. The van der Waals surface area contributed by atoms with Gasteiger partial charge in [-0.3, -0.25) is 0 Å². The molecule has 2 atom stereocenters. The minimum atomic E-state index is -0.692. The highest BCUT2D eigenvalue weighted by molar-refractivity contribution is 7.09. The number of hydrogen-bond acceptors (Lipinski definition) is 4. The fraction of sp³-hybridized carbons (Fsp3) is 0.471. The van der Waals surface area contributed by atoms with Gasteiger partial charge in [0.1, 0.15) is 0 Å². The van der Waals surface area contributed by atoms with Gasteiger partial charge in [-0.15, -0.1) is 11.3 Å². The van der Waals surface area contributed by atoms with Gasteiger partial charge in [-0.2, -0.15) is 0 Å². The van der Waals surface area contributed by atoms with Crippen LogP contribution in [-0.4, -0.2) is 27.9 Å². The summed E-state index contributed by atoms with van der Waals surface area (Å²) in [7, 11) is 0. The molecule has 2 heterocycles. The molecule has 112 valence electrons. The molecular weight excluding hydrogens is 282 g/mol. The van der Waals surface area contributed by atoms with Crippen LogP contribution in [0.5, 0.6) is 0 Å². The third-order valence-electron chi connectivity index (χ3n) is 3.90. The Hall–Kier alpha value is -1.23. The average molecular weight is 303 g/mol. The summed E-state index contributed by atoms with van der Waals surface area (Å²) in [6.07, 6.45) is 2.18. The Morgan fingerprint density at radius 3 is 2.57 bits per heavy atom. The van der Waals surface area contributed by atoms with Crippen LogP contribution in [0, 0.1) is 0 Å². The van der Waals surface area contributed by atoms with E-state index in [-0.39, 0.29) is 12.2 Å². The molecular formula is C17H21NO2S. The van der Waals surface area contributed by atoms with Crippen LogP contribution in [0.4, 0.5) is 0 Å². The summed E-state index contributed by atoms with van der Waals surface area (Å²) < 4.78 is 5.72. The van der Waals surface area contributed by atoms with Crippen molar-refractivity contribution < 1.29 is 9.84 Å². The van der Waals surface area contributed by atoms with E-state index in [0.717, 1.165) is 16.3 Å². The zero-order valence-electron chi connectivity index (χ0n) is 12.5. The molecule has 0 bridgehead atoms. The number of rotatable bonds is 3. The first kappa shape index (κ1) is 14.7. The lowest BCUT2D eigenvalue weighted by atomic mass is 9.85. The topological polar surface area (TPSA) is 42.4 Å². The molecule has 0 saturated carbocycles. The highest BCUT2D eigenvalue weighted by atomic mass is 32.1. The van der Waals surface area contributed by atoms with E-state index in [2.05, 4.69) is 22.5 Å². The van der Waals surface area contributed by atoms with E-state index in [4.69, 9.17) is 4.74 Å². The molecule has 1 aliphatic heterocycles. The van der Waals surface area contributed by atoms with Crippen LogP contribution in [0.15, 0.2) is 35.7 Å². The quantitative estimate of drug-likeness (QED) is 0.940. The second kappa shape index (κ2) is 5.87. The molecule has 1 aromatic heterocycles. The van der Waals surface area contributed by atoms with Gasteiger partial charge < -0.3 is 9.84 Å². The van der Waals surface area contributed by atoms with Crippen molar-refractivity contribution in [3.8, 4) is 11.3 Å². The Kier molecular flexibility index (Phi) is 4.11. The molecule has 1 saturated heterocycles. The molecule has 3 nitrogen and oxygen atoms in total. The maximum Gasteiger partial charge on any atom is 0.0961 e. The van der Waals surface area contributed by atoms with E-state index in [1.165, 1.54) is 0 Å². The number of hydrogen-bond donors (Lipinski definition) is 1. The first-order chi connectivity index (χ1) is 10.0. The average Bonchev–Trinajstić information content (AvgIpc) is 2.85. The molecule has 1 fully saturated rings. The predicted octanol–water partition coefficient (Wildman–Crippen LogP) is 3.67. The van der Waals surface area contributed by atoms with Gasteiger partial charge in [-0.25, -0.2) is 4.98 Å². The number of aliphatic hydroxyl groups is 1. The minimum absolute atomic E-state index is 0.104. The van der Waals surface area contributed by atoms with E-state index in [1.54, 1.807) is 11.3 Å². The van der Waals surface area contributed by atoms with Crippen molar-refractivity contribution in [2.45, 2.75) is 50.9 Å². The van der Waals surface area contributed by atoms with Crippen LogP contribution in [0.1, 0.15) is 31.7 Å². The fourth-order valence-corrected chi connectivity index (χ4v) is 4.15. The van der Waals surface area contributed by atoms with Gasteiger partial charge in [0, 0.05) is 30.2 Å². The van der Waals surface area contributed by atoms with Crippen LogP contribution < -0.4 is 0 Å². The van der Waals surface area contributed by atoms with Crippen molar-refractivity contribution in [1.82, 2.24) is 4.98 Å². The Bertz CT molecular complexity index is 586. The Labute approximate surface area is 129 Å². The van der Waals surface area contributed by atoms with Crippen LogP contribution in [0.3, 0.4) is 0 Å². The molecule has 0 radical (unpaired) electrons. The van der Waals surface area contributed by atoms with Crippen molar-refractivity contribution in [3.05, 3.63) is 40.7 Å². The number of nitrogens with zero attached hydrogens (tertiary/aromatic N) is 1. The number of benzene rings is 1. The predicted molar refractivity (Wildman–Crippen MR) is 85.4 cm³/mol. The largest absolute Gasteiger partial charge is 0.389 e. The summed E-state index contributed by atoms with van der Waals surface area (Å²) >= 11 is 1.63. The molecule has 0 aliphatic carbocycles. The third kappa shape index (κ3) is 3.51. The van der Waals surface area contributed by atoms with Crippen LogP contribution in [-0.2, 0) is 11.2 Å². The maximum atomic E-state index is 10.8. The van der Waals surface area contributed by atoms with Gasteiger partial charge in [-0.05, 0) is 13.8 Å². The summed E-state index contributed by atoms with van der Waals surface area (Å²) in [6.45, 7) is 4.05. The normalized spacial score (nSPS) is 29.5. The zero-order chi connectivity index (χ0) is 14.9. The molecule has 21 heavy (non-hydrogen) atoms. The molecule has 2 unspecified atom stereocenters. The van der Waals surface area contributed by atoms with E-state index < -0.39 is 5.60 Å². The highest BCUT2D eigenvalue weighted by Crippen LogP contribution is 2.33. The first-order valence-corrected chi connectivity index (χ1v) is 8.30. The van der Waals surface area contributed by atoms with E-state index in [9.17, 15) is 5.11 Å². The van der Waals surface area contributed by atoms with Crippen molar-refractivity contribution in [3.63, 3.8) is 0 Å². The van der Waals surface area contributed by atoms with Gasteiger partial charge in [0.05, 0.1) is 28.5 Å².